The number of carbonyl (C=O) groups is 1. The summed E-state index contributed by atoms with van der Waals surface area (Å²) in [6.45, 7) is 0.357. The molecule has 0 aliphatic heterocycles. The molecule has 17 heavy (non-hydrogen) atoms. The summed E-state index contributed by atoms with van der Waals surface area (Å²) in [6, 6.07) is 7.59. The average Bonchev–Trinajstić information content (AvgIpc) is 2.29. The van der Waals surface area contributed by atoms with E-state index in [0.29, 0.717) is 12.4 Å². The monoisotopic (exact) mass is 253 g/mol. The van der Waals surface area contributed by atoms with Gasteiger partial charge in [-0.2, -0.15) is 0 Å². The minimum Gasteiger partial charge on any atom is -0.481 e. The molecular formula is C11H12ClN3O2. The summed E-state index contributed by atoms with van der Waals surface area (Å²) < 4.78 is 0. The predicted molar refractivity (Wildman–Crippen MR) is 67.5 cm³/mol. The molecule has 0 bridgehead atoms. The Morgan fingerprint density at radius 2 is 2.06 bits per heavy atom. The maximum Gasteiger partial charge on any atom is 0.305 e. The molecule has 6 heteroatoms. The first-order valence-electron chi connectivity index (χ1n) is 4.93. The quantitative estimate of drug-likeness (QED) is 0.871. The van der Waals surface area contributed by atoms with E-state index < -0.39 is 5.97 Å². The third-order valence-electron chi connectivity index (χ3n) is 2.17. The van der Waals surface area contributed by atoms with Gasteiger partial charge in [0.25, 0.3) is 0 Å². The third kappa shape index (κ3) is 3.29. The largest absolute Gasteiger partial charge is 0.481 e. The number of carboxylic acid groups (broad SMARTS) is 1. The number of nitrogens with one attached hydrogen (secondary N) is 1. The molecule has 0 aliphatic carbocycles. The molecule has 0 radical (unpaired) electrons. The fourth-order valence-corrected chi connectivity index (χ4v) is 1.43. The van der Waals surface area contributed by atoms with E-state index >= 15 is 0 Å². The maximum absolute atomic E-state index is 10.4. The average molecular weight is 254 g/mol. The van der Waals surface area contributed by atoms with Gasteiger partial charge in [-0.25, -0.2) is 9.97 Å². The lowest BCUT2D eigenvalue weighted by molar-refractivity contribution is -0.136. The Morgan fingerprint density at radius 1 is 1.29 bits per heavy atom. The minimum absolute atomic E-state index is 0. The lowest BCUT2D eigenvalue weighted by Gasteiger charge is -2.06. The molecule has 2 rings (SSSR count). The zero-order valence-electron chi connectivity index (χ0n) is 8.96. The number of benzene rings is 1. The van der Waals surface area contributed by atoms with Gasteiger partial charge in [-0.1, -0.05) is 12.1 Å². The van der Waals surface area contributed by atoms with Gasteiger partial charge in [0.15, 0.2) is 0 Å². The molecule has 1 aromatic carbocycles. The van der Waals surface area contributed by atoms with Crippen molar-refractivity contribution in [3.8, 4) is 0 Å². The van der Waals surface area contributed by atoms with Crippen LogP contribution < -0.4 is 5.32 Å². The lowest BCUT2D eigenvalue weighted by atomic mass is 10.2. The number of aromatic nitrogens is 2. The number of aliphatic carboxylic acids is 1. The highest BCUT2D eigenvalue weighted by Crippen LogP contribution is 2.17. The molecule has 90 valence electrons. The molecule has 0 atom stereocenters. The van der Waals surface area contributed by atoms with Gasteiger partial charge in [-0.05, 0) is 12.1 Å². The predicted octanol–water partition coefficient (Wildman–Crippen LogP) is 1.94. The number of nitrogens with zero attached hydrogens (tertiary/aromatic N) is 2. The van der Waals surface area contributed by atoms with Gasteiger partial charge >= 0.3 is 5.97 Å². The molecular weight excluding hydrogens is 242 g/mol. The first-order chi connectivity index (χ1) is 7.77. The summed E-state index contributed by atoms with van der Waals surface area (Å²) in [4.78, 5) is 18.6. The minimum atomic E-state index is -0.828. The zero-order valence-corrected chi connectivity index (χ0v) is 9.78. The van der Waals surface area contributed by atoms with E-state index in [9.17, 15) is 4.79 Å². The molecule has 1 heterocycles. The molecule has 0 fully saturated rings. The van der Waals surface area contributed by atoms with Crippen molar-refractivity contribution in [2.45, 2.75) is 6.42 Å². The number of para-hydroxylation sites is 1. The molecule has 2 aromatic rings. The number of hydrogen-bond donors (Lipinski definition) is 2. The van der Waals surface area contributed by atoms with Crippen LogP contribution in [0.15, 0.2) is 30.6 Å². The number of hydrogen-bond acceptors (Lipinski definition) is 4. The molecule has 0 saturated carbocycles. The fraction of sp³-hybridized carbons (Fsp3) is 0.182. The van der Waals surface area contributed by atoms with Crippen LogP contribution in [0.3, 0.4) is 0 Å². The Bertz CT molecular complexity index is 514. The Balaban J connectivity index is 0.00000144. The van der Waals surface area contributed by atoms with E-state index in [1.54, 1.807) is 0 Å². The van der Waals surface area contributed by atoms with Gasteiger partial charge in [0.1, 0.15) is 12.1 Å². The van der Waals surface area contributed by atoms with Crippen molar-refractivity contribution in [1.29, 1.82) is 0 Å². The molecule has 5 nitrogen and oxygen atoms in total. The van der Waals surface area contributed by atoms with E-state index in [2.05, 4.69) is 15.3 Å². The summed E-state index contributed by atoms with van der Waals surface area (Å²) in [7, 11) is 0. The second-order valence-corrected chi connectivity index (χ2v) is 3.31. The van der Waals surface area contributed by atoms with Crippen LogP contribution in [-0.4, -0.2) is 27.6 Å². The normalized spacial score (nSPS) is 9.65. The summed E-state index contributed by atoms with van der Waals surface area (Å²) in [5.41, 5.74) is 0.843. The highest BCUT2D eigenvalue weighted by atomic mass is 35.5. The van der Waals surface area contributed by atoms with Crippen molar-refractivity contribution in [3.05, 3.63) is 30.6 Å². The SMILES string of the molecule is Cl.O=C(O)CCNc1ncnc2ccccc12. The van der Waals surface area contributed by atoms with E-state index in [-0.39, 0.29) is 18.8 Å². The van der Waals surface area contributed by atoms with Crippen molar-refractivity contribution in [1.82, 2.24) is 9.97 Å². The third-order valence-corrected chi connectivity index (χ3v) is 2.17. The van der Waals surface area contributed by atoms with Crippen LogP contribution >= 0.6 is 12.4 Å². The summed E-state index contributed by atoms with van der Waals surface area (Å²) >= 11 is 0. The molecule has 0 saturated heterocycles. The maximum atomic E-state index is 10.4. The Hall–Kier alpha value is -1.88. The van der Waals surface area contributed by atoms with Crippen molar-refractivity contribution >= 4 is 35.1 Å². The summed E-state index contributed by atoms with van der Waals surface area (Å²) in [5.74, 6) is -0.155. The number of carboxylic acids is 1. The molecule has 0 aliphatic rings. The Kier molecular flexibility index (Phi) is 4.66. The van der Waals surface area contributed by atoms with Gasteiger partial charge in [0.05, 0.1) is 11.9 Å². The van der Waals surface area contributed by atoms with Gasteiger partial charge < -0.3 is 10.4 Å². The number of anilines is 1. The smallest absolute Gasteiger partial charge is 0.305 e. The molecule has 0 spiro atoms. The molecule has 0 unspecified atom stereocenters. The van der Waals surface area contributed by atoms with Crippen molar-refractivity contribution < 1.29 is 9.90 Å². The summed E-state index contributed by atoms with van der Waals surface area (Å²) in [6.07, 6.45) is 1.53. The van der Waals surface area contributed by atoms with Crippen LogP contribution in [0.25, 0.3) is 10.9 Å². The molecule has 2 N–H and O–H groups in total. The van der Waals surface area contributed by atoms with E-state index in [1.807, 2.05) is 24.3 Å². The molecule has 0 amide bonds. The second kappa shape index (κ2) is 6.00. The Labute approximate surface area is 104 Å². The fourth-order valence-electron chi connectivity index (χ4n) is 1.43. The van der Waals surface area contributed by atoms with Gasteiger partial charge in [-0.15, -0.1) is 12.4 Å². The number of fused-ring (bicyclic) bond motifs is 1. The second-order valence-electron chi connectivity index (χ2n) is 3.31. The van der Waals surface area contributed by atoms with Crippen LogP contribution in [0.5, 0.6) is 0 Å². The van der Waals surface area contributed by atoms with E-state index in [1.165, 1.54) is 6.33 Å². The van der Waals surface area contributed by atoms with E-state index in [0.717, 1.165) is 10.9 Å². The highest BCUT2D eigenvalue weighted by Gasteiger charge is 2.02. The summed E-state index contributed by atoms with van der Waals surface area (Å²) in [5, 5.41) is 12.4. The van der Waals surface area contributed by atoms with Gasteiger partial charge in [0.2, 0.25) is 0 Å². The molecule has 1 aromatic heterocycles. The van der Waals surface area contributed by atoms with Crippen LogP contribution in [0.4, 0.5) is 5.82 Å². The first-order valence-corrected chi connectivity index (χ1v) is 4.93. The first kappa shape index (κ1) is 13.2. The van der Waals surface area contributed by atoms with E-state index in [4.69, 9.17) is 5.11 Å². The van der Waals surface area contributed by atoms with Gasteiger partial charge in [0, 0.05) is 11.9 Å². The van der Waals surface area contributed by atoms with Crippen molar-refractivity contribution in [3.63, 3.8) is 0 Å². The number of halogens is 1. The van der Waals surface area contributed by atoms with Crippen molar-refractivity contribution in [2.75, 3.05) is 11.9 Å². The van der Waals surface area contributed by atoms with Crippen LogP contribution in [0, 0.1) is 0 Å². The van der Waals surface area contributed by atoms with Crippen molar-refractivity contribution in [2.24, 2.45) is 0 Å². The highest BCUT2D eigenvalue weighted by molar-refractivity contribution is 5.88. The van der Waals surface area contributed by atoms with Crippen LogP contribution in [0.1, 0.15) is 6.42 Å². The Morgan fingerprint density at radius 3 is 2.82 bits per heavy atom. The van der Waals surface area contributed by atoms with Crippen LogP contribution in [-0.2, 0) is 4.79 Å². The van der Waals surface area contributed by atoms with Crippen LogP contribution in [0.2, 0.25) is 0 Å². The lowest BCUT2D eigenvalue weighted by Crippen LogP contribution is -2.09. The zero-order chi connectivity index (χ0) is 11.4. The standard InChI is InChI=1S/C11H11N3O2.ClH/c15-10(16)5-6-12-11-8-3-1-2-4-9(8)13-7-14-11;/h1-4,7H,5-6H2,(H,15,16)(H,12,13,14);1H. The number of rotatable bonds is 4. The van der Waals surface area contributed by atoms with Gasteiger partial charge in [-0.3, -0.25) is 4.79 Å². The topological polar surface area (TPSA) is 75.1 Å².